The van der Waals surface area contributed by atoms with E-state index in [1.54, 1.807) is 0 Å². The van der Waals surface area contributed by atoms with E-state index < -0.39 is 5.41 Å². The highest BCUT2D eigenvalue weighted by Gasteiger charge is 2.48. The summed E-state index contributed by atoms with van der Waals surface area (Å²) in [5.41, 5.74) is 24.6. The highest BCUT2D eigenvalue weighted by atomic mass is 15.1. The maximum absolute atomic E-state index is 2.53. The third-order valence-corrected chi connectivity index (χ3v) is 15.6. The van der Waals surface area contributed by atoms with Crippen molar-refractivity contribution in [1.82, 2.24) is 0 Å². The summed E-state index contributed by atoms with van der Waals surface area (Å²) in [6, 6.07) is 90.8. The van der Waals surface area contributed by atoms with Gasteiger partial charge in [-0.3, -0.25) is 0 Å². The molecule has 1 unspecified atom stereocenters. The third-order valence-electron chi connectivity index (χ3n) is 15.6. The second-order valence-corrected chi connectivity index (χ2v) is 19.3. The number of hydrogen-bond donors (Lipinski definition) is 0. The molecule has 0 N–H and O–H groups in total. The summed E-state index contributed by atoms with van der Waals surface area (Å²) in [7, 11) is 0. The molecule has 1 nitrogen and oxygen atoms in total. The zero-order chi connectivity index (χ0) is 44.9. The predicted octanol–water partition coefficient (Wildman–Crippen LogP) is 16.8. The molecule has 1 atom stereocenters. The Morgan fingerprint density at radius 3 is 1.46 bits per heavy atom. The second kappa shape index (κ2) is 14.8. The molecule has 0 heterocycles. The SMILES string of the molecule is CC1(C)c2ccccc2-c2ccc(N(c3ccc(-c4cccc5c4C(C)(c4ccccc4)c4ccccc4-5)cc3)c3cccc4c3-c3ccccc3C4(c3ccccc3)c3ccccc3)cc21. The van der Waals surface area contributed by atoms with Gasteiger partial charge in [0.1, 0.15) is 0 Å². The molecule has 0 fully saturated rings. The van der Waals surface area contributed by atoms with Gasteiger partial charge in [-0.1, -0.05) is 226 Å². The fourth-order valence-electron chi connectivity index (χ4n) is 12.6. The fraction of sp³-hybridized carbons (Fsp3) is 0.0909. The Kier molecular flexibility index (Phi) is 8.67. The lowest BCUT2D eigenvalue weighted by molar-refractivity contribution is 0.660. The summed E-state index contributed by atoms with van der Waals surface area (Å²) in [6.45, 7) is 7.18. The van der Waals surface area contributed by atoms with Gasteiger partial charge in [0.2, 0.25) is 0 Å². The molecule has 0 spiro atoms. The molecule has 0 amide bonds. The molecule has 0 saturated heterocycles. The Morgan fingerprint density at radius 2 is 0.791 bits per heavy atom. The van der Waals surface area contributed by atoms with E-state index in [9.17, 15) is 0 Å². The summed E-state index contributed by atoms with van der Waals surface area (Å²) < 4.78 is 0. The molecule has 0 aromatic heterocycles. The van der Waals surface area contributed by atoms with Crippen LogP contribution in [0.5, 0.6) is 0 Å². The van der Waals surface area contributed by atoms with Crippen LogP contribution in [-0.2, 0) is 16.2 Å². The Bertz CT molecular complexity index is 3510. The number of rotatable bonds is 7. The first-order valence-corrected chi connectivity index (χ1v) is 23.7. The summed E-state index contributed by atoms with van der Waals surface area (Å²) in [4.78, 5) is 2.53. The highest BCUT2D eigenvalue weighted by molar-refractivity contribution is 5.98. The molecule has 1 heteroatoms. The summed E-state index contributed by atoms with van der Waals surface area (Å²) in [6.07, 6.45) is 0. The van der Waals surface area contributed by atoms with Crippen LogP contribution >= 0.6 is 0 Å². The monoisotopic (exact) mass is 855 g/mol. The predicted molar refractivity (Wildman–Crippen MR) is 279 cm³/mol. The van der Waals surface area contributed by atoms with E-state index in [2.05, 4.69) is 268 Å². The van der Waals surface area contributed by atoms with Gasteiger partial charge in [-0.2, -0.15) is 0 Å². The van der Waals surface area contributed by atoms with Crippen LogP contribution in [0.15, 0.2) is 243 Å². The van der Waals surface area contributed by atoms with Crippen molar-refractivity contribution in [2.45, 2.75) is 37.0 Å². The van der Waals surface area contributed by atoms with Crippen LogP contribution in [0.25, 0.3) is 44.5 Å². The Balaban J connectivity index is 1.04. The van der Waals surface area contributed by atoms with Crippen LogP contribution in [-0.4, -0.2) is 0 Å². The van der Waals surface area contributed by atoms with E-state index in [-0.39, 0.29) is 10.8 Å². The van der Waals surface area contributed by atoms with Gasteiger partial charge in [0.05, 0.1) is 11.1 Å². The van der Waals surface area contributed by atoms with Crippen LogP contribution in [0.1, 0.15) is 70.8 Å². The number of anilines is 3. The minimum atomic E-state index is -0.516. The van der Waals surface area contributed by atoms with Gasteiger partial charge in [0.25, 0.3) is 0 Å². The number of hydrogen-bond acceptors (Lipinski definition) is 1. The molecule has 3 aliphatic rings. The van der Waals surface area contributed by atoms with Crippen molar-refractivity contribution in [3.05, 3.63) is 293 Å². The molecule has 0 bridgehead atoms. The first kappa shape index (κ1) is 39.4. The lowest BCUT2D eigenvalue weighted by atomic mass is 9.68. The standard InChI is InChI=1S/C66H49N/c1-64(2)56-32-16-13-27-51(56)53-42-41-49(43-60(53)64)67(61-36-20-35-59-62(61)55-29-15-18-34-58(55)66(59,46-23-9-5-10-24-46)47-25-11-6-12-26-47)48-39-37-44(38-40-48)50-30-19-31-54-52-28-14-17-33-57(52)65(3,63(50)54)45-21-7-4-8-22-45/h4-43H,1-3H3. The Labute approximate surface area is 394 Å². The van der Waals surface area contributed by atoms with Crippen molar-refractivity contribution in [3.8, 4) is 44.5 Å². The summed E-state index contributed by atoms with van der Waals surface area (Å²) in [5, 5.41) is 0. The quantitative estimate of drug-likeness (QED) is 0.154. The molecule has 0 radical (unpaired) electrons. The smallest absolute Gasteiger partial charge is 0.0714 e. The molecule has 0 aliphatic heterocycles. The average Bonchev–Trinajstić information content (AvgIpc) is 3.94. The van der Waals surface area contributed by atoms with Gasteiger partial charge in [0.15, 0.2) is 0 Å². The van der Waals surface area contributed by atoms with Crippen LogP contribution in [0.3, 0.4) is 0 Å². The Hall–Kier alpha value is -8.00. The van der Waals surface area contributed by atoms with Crippen molar-refractivity contribution in [3.63, 3.8) is 0 Å². The average molecular weight is 856 g/mol. The van der Waals surface area contributed by atoms with Crippen molar-refractivity contribution in [1.29, 1.82) is 0 Å². The van der Waals surface area contributed by atoms with Crippen molar-refractivity contribution in [2.75, 3.05) is 4.90 Å². The van der Waals surface area contributed by atoms with Crippen LogP contribution in [0.2, 0.25) is 0 Å². The van der Waals surface area contributed by atoms with Gasteiger partial charge in [-0.05, 0) is 126 Å². The number of fused-ring (bicyclic) bond motifs is 9. The molecule has 0 saturated carbocycles. The van der Waals surface area contributed by atoms with Gasteiger partial charge in [0, 0.05) is 27.8 Å². The zero-order valence-electron chi connectivity index (χ0n) is 38.0. The second-order valence-electron chi connectivity index (χ2n) is 19.3. The summed E-state index contributed by atoms with van der Waals surface area (Å²) >= 11 is 0. The highest BCUT2D eigenvalue weighted by Crippen LogP contribution is 2.61. The molecular weight excluding hydrogens is 807 g/mol. The normalized spacial score (nSPS) is 16.3. The molecule has 10 aromatic carbocycles. The first-order chi connectivity index (χ1) is 32.9. The largest absolute Gasteiger partial charge is 0.310 e. The van der Waals surface area contributed by atoms with Crippen LogP contribution < -0.4 is 4.90 Å². The van der Waals surface area contributed by atoms with Gasteiger partial charge >= 0.3 is 0 Å². The molecule has 10 aromatic rings. The zero-order valence-corrected chi connectivity index (χ0v) is 38.0. The summed E-state index contributed by atoms with van der Waals surface area (Å²) in [5.74, 6) is 0. The van der Waals surface area contributed by atoms with Crippen molar-refractivity contribution < 1.29 is 0 Å². The number of benzene rings is 10. The van der Waals surface area contributed by atoms with E-state index in [0.29, 0.717) is 0 Å². The van der Waals surface area contributed by atoms with Gasteiger partial charge in [-0.25, -0.2) is 0 Å². The van der Waals surface area contributed by atoms with E-state index in [0.717, 1.165) is 17.1 Å². The molecule has 13 rings (SSSR count). The lowest BCUT2D eigenvalue weighted by Crippen LogP contribution is -2.28. The van der Waals surface area contributed by atoms with E-state index in [4.69, 9.17) is 0 Å². The van der Waals surface area contributed by atoms with E-state index in [1.807, 2.05) is 0 Å². The van der Waals surface area contributed by atoms with Crippen LogP contribution in [0.4, 0.5) is 17.1 Å². The minimum absolute atomic E-state index is 0.158. The van der Waals surface area contributed by atoms with Crippen molar-refractivity contribution >= 4 is 17.1 Å². The lowest BCUT2D eigenvalue weighted by Gasteiger charge is -2.34. The van der Waals surface area contributed by atoms with Gasteiger partial charge in [-0.15, -0.1) is 0 Å². The molecular formula is C66H49N. The fourth-order valence-corrected chi connectivity index (χ4v) is 12.6. The van der Waals surface area contributed by atoms with Crippen LogP contribution in [0, 0.1) is 0 Å². The van der Waals surface area contributed by atoms with E-state index >= 15 is 0 Å². The van der Waals surface area contributed by atoms with E-state index in [1.165, 1.54) is 94.6 Å². The Morgan fingerprint density at radius 1 is 0.313 bits per heavy atom. The van der Waals surface area contributed by atoms with Crippen molar-refractivity contribution in [2.24, 2.45) is 0 Å². The maximum Gasteiger partial charge on any atom is 0.0714 e. The molecule has 318 valence electrons. The molecule has 3 aliphatic carbocycles. The minimum Gasteiger partial charge on any atom is -0.310 e. The van der Waals surface area contributed by atoms with Gasteiger partial charge < -0.3 is 4.90 Å². The third kappa shape index (κ3) is 5.49. The maximum atomic E-state index is 2.53. The number of nitrogens with zero attached hydrogens (tertiary/aromatic N) is 1. The first-order valence-electron chi connectivity index (χ1n) is 23.7. The topological polar surface area (TPSA) is 3.24 Å². The molecule has 67 heavy (non-hydrogen) atoms.